The lowest BCUT2D eigenvalue weighted by atomic mass is 10.2. The molecule has 0 aliphatic carbocycles. The normalized spacial score (nSPS) is 11.8. The zero-order valence-corrected chi connectivity index (χ0v) is 13.4. The minimum Gasteiger partial charge on any atom is -0.481 e. The molecule has 2 rings (SSSR count). The third-order valence-corrected chi connectivity index (χ3v) is 3.67. The molecule has 0 aliphatic heterocycles. The highest BCUT2D eigenvalue weighted by atomic mass is 35.5. The first kappa shape index (κ1) is 16.3. The number of benzene rings is 1. The van der Waals surface area contributed by atoms with Crippen LogP contribution in [0.4, 0.5) is 0 Å². The second-order valence-electron chi connectivity index (χ2n) is 5.07. The summed E-state index contributed by atoms with van der Waals surface area (Å²) >= 11 is 5.97. The molecule has 5 heteroatoms. The summed E-state index contributed by atoms with van der Waals surface area (Å²) in [5.74, 6) is 0.494. The van der Waals surface area contributed by atoms with Crippen LogP contribution >= 0.6 is 11.6 Å². The Hall–Kier alpha value is -2.07. The Morgan fingerprint density at radius 1 is 1.41 bits per heavy atom. The van der Waals surface area contributed by atoms with E-state index in [1.165, 1.54) is 0 Å². The zero-order valence-electron chi connectivity index (χ0n) is 12.7. The molecule has 0 aliphatic rings. The molecular weight excluding hydrogens is 300 g/mol. The van der Waals surface area contributed by atoms with Crippen molar-refractivity contribution >= 4 is 17.5 Å². The first-order valence-corrected chi connectivity index (χ1v) is 7.53. The number of carbonyl (C=O) groups excluding carboxylic acids is 1. The molecule has 1 amide bonds. The lowest BCUT2D eigenvalue weighted by molar-refractivity contribution is -0.127. The monoisotopic (exact) mass is 318 g/mol. The van der Waals surface area contributed by atoms with Crippen LogP contribution in [0.2, 0.25) is 5.02 Å². The molecule has 1 aromatic heterocycles. The Labute approximate surface area is 135 Å². The van der Waals surface area contributed by atoms with Gasteiger partial charge in [0.2, 0.25) is 0 Å². The molecule has 116 valence electrons. The molecule has 22 heavy (non-hydrogen) atoms. The lowest BCUT2D eigenvalue weighted by Crippen LogP contribution is -2.37. The van der Waals surface area contributed by atoms with Gasteiger partial charge < -0.3 is 10.1 Å². The number of amides is 1. The zero-order chi connectivity index (χ0) is 15.9. The molecule has 0 bridgehead atoms. The predicted octanol–water partition coefficient (Wildman–Crippen LogP) is 3.17. The Balaban J connectivity index is 1.80. The molecule has 0 saturated heterocycles. The number of aryl methyl sites for hydroxylation is 1. The van der Waals surface area contributed by atoms with Gasteiger partial charge in [-0.1, -0.05) is 17.7 Å². The number of rotatable bonds is 6. The number of hydrogen-bond acceptors (Lipinski definition) is 3. The highest BCUT2D eigenvalue weighted by molar-refractivity contribution is 6.31. The van der Waals surface area contributed by atoms with Crippen LogP contribution in [0.25, 0.3) is 0 Å². The van der Waals surface area contributed by atoms with E-state index in [1.807, 2.05) is 25.1 Å². The molecule has 1 N–H and O–H groups in total. The molecule has 1 unspecified atom stereocenters. The van der Waals surface area contributed by atoms with Crippen LogP contribution in [0.3, 0.4) is 0 Å². The summed E-state index contributed by atoms with van der Waals surface area (Å²) in [5, 5.41) is 3.54. The van der Waals surface area contributed by atoms with Crippen molar-refractivity contribution < 1.29 is 9.53 Å². The smallest absolute Gasteiger partial charge is 0.260 e. The number of halogens is 1. The largest absolute Gasteiger partial charge is 0.481 e. The standard InChI is InChI=1S/C17H19ClN2O2/c1-12-10-15(5-6-16(12)18)22-13(2)17(21)20-9-7-14-4-3-8-19-11-14/h3-6,8,10-11,13H,7,9H2,1-2H3,(H,20,21). The van der Waals surface area contributed by atoms with Crippen molar-refractivity contribution in [2.75, 3.05) is 6.54 Å². The van der Waals surface area contributed by atoms with Crippen LogP contribution in [0, 0.1) is 6.92 Å². The minimum atomic E-state index is -0.561. The van der Waals surface area contributed by atoms with Crippen molar-refractivity contribution in [1.29, 1.82) is 0 Å². The van der Waals surface area contributed by atoms with E-state index in [1.54, 1.807) is 31.5 Å². The maximum Gasteiger partial charge on any atom is 0.260 e. The van der Waals surface area contributed by atoms with E-state index in [9.17, 15) is 4.79 Å². The van der Waals surface area contributed by atoms with Crippen LogP contribution in [-0.2, 0) is 11.2 Å². The van der Waals surface area contributed by atoms with E-state index in [-0.39, 0.29) is 5.91 Å². The number of ether oxygens (including phenoxy) is 1. The van der Waals surface area contributed by atoms with Crippen molar-refractivity contribution in [3.8, 4) is 5.75 Å². The van der Waals surface area contributed by atoms with E-state index in [4.69, 9.17) is 16.3 Å². The van der Waals surface area contributed by atoms with Crippen molar-refractivity contribution in [1.82, 2.24) is 10.3 Å². The SMILES string of the molecule is Cc1cc(OC(C)C(=O)NCCc2cccnc2)ccc1Cl. The van der Waals surface area contributed by atoms with E-state index in [0.717, 1.165) is 17.5 Å². The van der Waals surface area contributed by atoms with Crippen molar-refractivity contribution in [3.63, 3.8) is 0 Å². The molecule has 1 atom stereocenters. The van der Waals surface area contributed by atoms with Gasteiger partial charge in [-0.3, -0.25) is 9.78 Å². The molecule has 1 heterocycles. The minimum absolute atomic E-state index is 0.142. The topological polar surface area (TPSA) is 51.2 Å². The average Bonchev–Trinajstić information content (AvgIpc) is 2.52. The highest BCUT2D eigenvalue weighted by Crippen LogP contribution is 2.21. The van der Waals surface area contributed by atoms with E-state index in [2.05, 4.69) is 10.3 Å². The van der Waals surface area contributed by atoms with Crippen LogP contribution in [0.5, 0.6) is 5.75 Å². The third-order valence-electron chi connectivity index (χ3n) is 3.25. The van der Waals surface area contributed by atoms with Gasteiger partial charge in [-0.05, 0) is 55.7 Å². The van der Waals surface area contributed by atoms with Crippen molar-refractivity contribution in [2.45, 2.75) is 26.4 Å². The Kier molecular flexibility index (Phi) is 5.78. The fraction of sp³-hybridized carbons (Fsp3) is 0.294. The van der Waals surface area contributed by atoms with Gasteiger partial charge in [-0.2, -0.15) is 0 Å². The van der Waals surface area contributed by atoms with Crippen LogP contribution in [0.15, 0.2) is 42.7 Å². The molecule has 0 saturated carbocycles. The summed E-state index contributed by atoms with van der Waals surface area (Å²) in [6.07, 6.45) is 3.70. The maximum absolute atomic E-state index is 12.0. The van der Waals surface area contributed by atoms with Gasteiger partial charge in [0.15, 0.2) is 6.10 Å². The number of aromatic nitrogens is 1. The summed E-state index contributed by atoms with van der Waals surface area (Å²) in [4.78, 5) is 16.1. The number of carbonyl (C=O) groups is 1. The van der Waals surface area contributed by atoms with E-state index < -0.39 is 6.10 Å². The van der Waals surface area contributed by atoms with Crippen molar-refractivity contribution in [2.24, 2.45) is 0 Å². The number of pyridine rings is 1. The van der Waals surface area contributed by atoms with E-state index >= 15 is 0 Å². The quantitative estimate of drug-likeness (QED) is 0.890. The first-order chi connectivity index (χ1) is 10.6. The predicted molar refractivity (Wildman–Crippen MR) is 87.2 cm³/mol. The van der Waals surface area contributed by atoms with Gasteiger partial charge in [0.25, 0.3) is 5.91 Å². The number of hydrogen-bond donors (Lipinski definition) is 1. The van der Waals surface area contributed by atoms with Crippen LogP contribution in [-0.4, -0.2) is 23.5 Å². The van der Waals surface area contributed by atoms with Gasteiger partial charge in [-0.25, -0.2) is 0 Å². The molecule has 0 fully saturated rings. The summed E-state index contributed by atoms with van der Waals surface area (Å²) in [7, 11) is 0. The Morgan fingerprint density at radius 3 is 2.91 bits per heavy atom. The molecule has 0 radical (unpaired) electrons. The van der Waals surface area contributed by atoms with Gasteiger partial charge in [0, 0.05) is 24.0 Å². The lowest BCUT2D eigenvalue weighted by Gasteiger charge is -2.15. The van der Waals surface area contributed by atoms with Gasteiger partial charge >= 0.3 is 0 Å². The number of nitrogens with one attached hydrogen (secondary N) is 1. The Morgan fingerprint density at radius 2 is 2.23 bits per heavy atom. The first-order valence-electron chi connectivity index (χ1n) is 7.15. The van der Waals surface area contributed by atoms with E-state index in [0.29, 0.717) is 17.3 Å². The number of nitrogens with zero attached hydrogens (tertiary/aromatic N) is 1. The van der Waals surface area contributed by atoms with Gasteiger partial charge in [-0.15, -0.1) is 0 Å². The van der Waals surface area contributed by atoms with Crippen molar-refractivity contribution in [3.05, 3.63) is 58.9 Å². The summed E-state index contributed by atoms with van der Waals surface area (Å²) in [6.45, 7) is 4.18. The Bertz CT molecular complexity index is 632. The van der Waals surface area contributed by atoms with Gasteiger partial charge in [0.05, 0.1) is 0 Å². The van der Waals surface area contributed by atoms with Crippen LogP contribution in [0.1, 0.15) is 18.1 Å². The summed E-state index contributed by atoms with van der Waals surface area (Å²) < 4.78 is 5.63. The summed E-state index contributed by atoms with van der Waals surface area (Å²) in [5.41, 5.74) is 2.01. The van der Waals surface area contributed by atoms with Crippen LogP contribution < -0.4 is 10.1 Å². The molecular formula is C17H19ClN2O2. The second-order valence-corrected chi connectivity index (χ2v) is 5.48. The molecule has 2 aromatic rings. The third kappa shape index (κ3) is 4.74. The second kappa shape index (κ2) is 7.80. The molecule has 1 aromatic carbocycles. The molecule has 0 spiro atoms. The summed E-state index contributed by atoms with van der Waals surface area (Å²) in [6, 6.07) is 9.21. The maximum atomic E-state index is 12.0. The average molecular weight is 319 g/mol. The fourth-order valence-electron chi connectivity index (χ4n) is 1.97. The van der Waals surface area contributed by atoms with Gasteiger partial charge in [0.1, 0.15) is 5.75 Å². The molecule has 4 nitrogen and oxygen atoms in total. The fourth-order valence-corrected chi connectivity index (χ4v) is 2.09. The highest BCUT2D eigenvalue weighted by Gasteiger charge is 2.14.